The summed E-state index contributed by atoms with van der Waals surface area (Å²) in [4.78, 5) is 11.8. The molecule has 0 amide bonds. The second-order valence-corrected chi connectivity index (χ2v) is 5.40. The first-order valence-electron chi connectivity index (χ1n) is 6.47. The van der Waals surface area contributed by atoms with E-state index < -0.39 is 0 Å². The third-order valence-electron chi connectivity index (χ3n) is 3.85. The first-order chi connectivity index (χ1) is 8.22. The van der Waals surface area contributed by atoms with E-state index in [-0.39, 0.29) is 0 Å². The Morgan fingerprint density at radius 1 is 1.29 bits per heavy atom. The van der Waals surface area contributed by atoms with Gasteiger partial charge in [-0.2, -0.15) is 0 Å². The largest absolute Gasteiger partial charge is 0.315 e. The standard InChI is InChI=1S/C13H20N4/c1-9-5-12(10-3-4-17(2)8-10)16-13(15-9)11-6-14-7-11/h5,10-11,14H,3-4,6-8H2,1-2H3. The van der Waals surface area contributed by atoms with Crippen LogP contribution in [0.3, 0.4) is 0 Å². The number of nitrogens with one attached hydrogen (secondary N) is 1. The van der Waals surface area contributed by atoms with E-state index in [9.17, 15) is 0 Å². The summed E-state index contributed by atoms with van der Waals surface area (Å²) >= 11 is 0. The lowest BCUT2D eigenvalue weighted by molar-refractivity contribution is 0.408. The molecule has 0 aromatic carbocycles. The van der Waals surface area contributed by atoms with Gasteiger partial charge < -0.3 is 10.2 Å². The Hall–Kier alpha value is -1.00. The number of hydrogen-bond acceptors (Lipinski definition) is 4. The summed E-state index contributed by atoms with van der Waals surface area (Å²) < 4.78 is 0. The molecule has 1 unspecified atom stereocenters. The maximum absolute atomic E-state index is 4.79. The molecule has 1 N–H and O–H groups in total. The summed E-state index contributed by atoms with van der Waals surface area (Å²) in [6.45, 7) is 6.48. The van der Waals surface area contributed by atoms with Crippen molar-refractivity contribution >= 4 is 0 Å². The molecule has 1 aromatic heterocycles. The van der Waals surface area contributed by atoms with Crippen molar-refractivity contribution in [3.63, 3.8) is 0 Å². The highest BCUT2D eigenvalue weighted by atomic mass is 15.1. The lowest BCUT2D eigenvalue weighted by Crippen LogP contribution is -2.41. The molecule has 0 radical (unpaired) electrons. The molecule has 0 saturated carbocycles. The zero-order valence-corrected chi connectivity index (χ0v) is 10.6. The summed E-state index contributed by atoms with van der Waals surface area (Å²) in [7, 11) is 2.19. The highest BCUT2D eigenvalue weighted by Crippen LogP contribution is 2.26. The van der Waals surface area contributed by atoms with E-state index in [1.54, 1.807) is 0 Å². The van der Waals surface area contributed by atoms with Crippen LogP contribution in [0.25, 0.3) is 0 Å². The van der Waals surface area contributed by atoms with Gasteiger partial charge in [-0.1, -0.05) is 0 Å². The number of rotatable bonds is 2. The van der Waals surface area contributed by atoms with E-state index in [0.29, 0.717) is 11.8 Å². The first-order valence-corrected chi connectivity index (χ1v) is 6.47. The van der Waals surface area contributed by atoms with Crippen molar-refractivity contribution in [3.8, 4) is 0 Å². The van der Waals surface area contributed by atoms with Crippen molar-refractivity contribution < 1.29 is 0 Å². The second-order valence-electron chi connectivity index (χ2n) is 5.40. The van der Waals surface area contributed by atoms with Crippen LogP contribution in [-0.2, 0) is 0 Å². The highest BCUT2D eigenvalue weighted by molar-refractivity contribution is 5.19. The molecule has 92 valence electrons. The van der Waals surface area contributed by atoms with Crippen LogP contribution in [0.4, 0.5) is 0 Å². The van der Waals surface area contributed by atoms with Gasteiger partial charge in [-0.05, 0) is 33.0 Å². The Kier molecular flexibility index (Phi) is 2.84. The molecular weight excluding hydrogens is 212 g/mol. The van der Waals surface area contributed by atoms with Gasteiger partial charge in [0.05, 0.1) is 0 Å². The number of hydrogen-bond donors (Lipinski definition) is 1. The number of likely N-dealkylation sites (tertiary alicyclic amines) is 1. The van der Waals surface area contributed by atoms with Crippen LogP contribution in [-0.4, -0.2) is 48.1 Å². The molecule has 2 aliphatic rings. The fourth-order valence-corrected chi connectivity index (χ4v) is 2.66. The number of aryl methyl sites for hydroxylation is 1. The van der Waals surface area contributed by atoms with E-state index in [2.05, 4.69) is 35.2 Å². The van der Waals surface area contributed by atoms with E-state index >= 15 is 0 Å². The molecule has 3 rings (SSSR count). The van der Waals surface area contributed by atoms with E-state index in [4.69, 9.17) is 4.98 Å². The minimum Gasteiger partial charge on any atom is -0.315 e. The van der Waals surface area contributed by atoms with Crippen molar-refractivity contribution in [2.75, 3.05) is 33.2 Å². The highest BCUT2D eigenvalue weighted by Gasteiger charge is 2.26. The van der Waals surface area contributed by atoms with Crippen LogP contribution in [0.15, 0.2) is 6.07 Å². The predicted molar refractivity (Wildman–Crippen MR) is 67.2 cm³/mol. The SMILES string of the molecule is Cc1cc(C2CCN(C)C2)nc(C2CNC2)n1. The van der Waals surface area contributed by atoms with Gasteiger partial charge in [0.1, 0.15) is 5.82 Å². The van der Waals surface area contributed by atoms with Crippen molar-refractivity contribution in [2.24, 2.45) is 0 Å². The second kappa shape index (κ2) is 4.35. The normalized spacial score (nSPS) is 26.1. The van der Waals surface area contributed by atoms with Crippen LogP contribution < -0.4 is 5.32 Å². The fraction of sp³-hybridized carbons (Fsp3) is 0.692. The van der Waals surface area contributed by atoms with Gasteiger partial charge in [-0.25, -0.2) is 9.97 Å². The summed E-state index contributed by atoms with van der Waals surface area (Å²) in [5.41, 5.74) is 2.37. The smallest absolute Gasteiger partial charge is 0.134 e. The van der Waals surface area contributed by atoms with Crippen molar-refractivity contribution in [1.29, 1.82) is 0 Å². The van der Waals surface area contributed by atoms with Crippen LogP contribution in [0, 0.1) is 6.92 Å². The van der Waals surface area contributed by atoms with Gasteiger partial charge in [-0.15, -0.1) is 0 Å². The Morgan fingerprint density at radius 3 is 2.71 bits per heavy atom. The molecule has 17 heavy (non-hydrogen) atoms. The van der Waals surface area contributed by atoms with E-state index in [0.717, 1.165) is 31.2 Å². The van der Waals surface area contributed by atoms with Crippen molar-refractivity contribution in [3.05, 3.63) is 23.3 Å². The zero-order chi connectivity index (χ0) is 11.8. The Balaban J connectivity index is 1.85. The lowest BCUT2D eigenvalue weighted by atomic mass is 10.00. The van der Waals surface area contributed by atoms with Gasteiger partial charge in [0.15, 0.2) is 0 Å². The van der Waals surface area contributed by atoms with Gasteiger partial charge in [-0.3, -0.25) is 0 Å². The maximum Gasteiger partial charge on any atom is 0.134 e. The molecule has 1 aromatic rings. The topological polar surface area (TPSA) is 41.1 Å². The molecule has 2 saturated heterocycles. The minimum absolute atomic E-state index is 0.535. The first kappa shape index (κ1) is 11.1. The molecule has 0 aliphatic carbocycles. The van der Waals surface area contributed by atoms with Crippen molar-refractivity contribution in [1.82, 2.24) is 20.2 Å². The van der Waals surface area contributed by atoms with Crippen LogP contribution >= 0.6 is 0 Å². The van der Waals surface area contributed by atoms with E-state index in [1.165, 1.54) is 18.7 Å². The molecule has 4 nitrogen and oxygen atoms in total. The quantitative estimate of drug-likeness (QED) is 0.822. The van der Waals surface area contributed by atoms with Gasteiger partial charge in [0.25, 0.3) is 0 Å². The average Bonchev–Trinajstić information content (AvgIpc) is 2.61. The molecule has 0 spiro atoms. The van der Waals surface area contributed by atoms with Crippen LogP contribution in [0.1, 0.15) is 35.5 Å². The molecule has 2 aliphatic heterocycles. The molecule has 2 fully saturated rings. The van der Waals surface area contributed by atoms with Gasteiger partial charge in [0.2, 0.25) is 0 Å². The third kappa shape index (κ3) is 2.19. The molecule has 1 atom stereocenters. The number of aromatic nitrogens is 2. The minimum atomic E-state index is 0.535. The molecule has 3 heterocycles. The Morgan fingerprint density at radius 2 is 2.12 bits per heavy atom. The third-order valence-corrected chi connectivity index (χ3v) is 3.85. The monoisotopic (exact) mass is 232 g/mol. The lowest BCUT2D eigenvalue weighted by Gasteiger charge is -2.26. The summed E-state index contributed by atoms with van der Waals surface area (Å²) in [6, 6.07) is 2.17. The van der Waals surface area contributed by atoms with Crippen LogP contribution in [0.2, 0.25) is 0 Å². The molecule has 0 bridgehead atoms. The van der Waals surface area contributed by atoms with E-state index in [1.807, 2.05) is 0 Å². The molecular formula is C13H20N4. The van der Waals surface area contributed by atoms with Crippen molar-refractivity contribution in [2.45, 2.75) is 25.2 Å². The Labute approximate surface area is 102 Å². The molecule has 4 heteroatoms. The zero-order valence-electron chi connectivity index (χ0n) is 10.6. The fourth-order valence-electron chi connectivity index (χ4n) is 2.66. The number of nitrogens with zero attached hydrogens (tertiary/aromatic N) is 3. The summed E-state index contributed by atoms with van der Waals surface area (Å²) in [5, 5.41) is 3.29. The Bertz CT molecular complexity index is 414. The number of likely N-dealkylation sites (N-methyl/N-ethyl adjacent to an activating group) is 1. The van der Waals surface area contributed by atoms with Gasteiger partial charge in [0, 0.05) is 42.9 Å². The summed E-state index contributed by atoms with van der Waals surface area (Å²) in [5.74, 6) is 2.19. The summed E-state index contributed by atoms with van der Waals surface area (Å²) in [6.07, 6.45) is 1.23. The van der Waals surface area contributed by atoms with Gasteiger partial charge >= 0.3 is 0 Å². The predicted octanol–water partition coefficient (Wildman–Crippen LogP) is 0.891. The average molecular weight is 232 g/mol. The maximum atomic E-state index is 4.79. The van der Waals surface area contributed by atoms with Crippen LogP contribution in [0.5, 0.6) is 0 Å².